The number of rotatable bonds is 4. The summed E-state index contributed by atoms with van der Waals surface area (Å²) in [6.45, 7) is 5.63. The van der Waals surface area contributed by atoms with Crippen LogP contribution in [-0.4, -0.2) is 22.8 Å². The molecule has 1 aromatic carbocycles. The molecule has 0 spiro atoms. The average molecular weight is 360 g/mol. The van der Waals surface area contributed by atoms with E-state index in [2.05, 4.69) is 4.98 Å². The van der Waals surface area contributed by atoms with Crippen LogP contribution in [0.25, 0.3) is 0 Å². The van der Waals surface area contributed by atoms with Crippen molar-refractivity contribution < 1.29 is 14.3 Å². The van der Waals surface area contributed by atoms with Gasteiger partial charge in [0.1, 0.15) is 5.69 Å². The van der Waals surface area contributed by atoms with E-state index in [9.17, 15) is 9.59 Å². The van der Waals surface area contributed by atoms with Gasteiger partial charge in [-0.15, -0.1) is 0 Å². The number of aromatic amines is 1. The van der Waals surface area contributed by atoms with Crippen LogP contribution in [0.15, 0.2) is 24.3 Å². The molecule has 2 atom stereocenters. The van der Waals surface area contributed by atoms with E-state index in [4.69, 9.17) is 16.3 Å². The van der Waals surface area contributed by atoms with Gasteiger partial charge in [0.05, 0.1) is 6.10 Å². The lowest BCUT2D eigenvalue weighted by atomic mass is 9.81. The molecule has 0 fully saturated rings. The van der Waals surface area contributed by atoms with Crippen LogP contribution in [0.5, 0.6) is 0 Å². The Kier molecular flexibility index (Phi) is 5.00. The minimum atomic E-state index is -0.392. The maximum Gasteiger partial charge on any atom is 0.355 e. The van der Waals surface area contributed by atoms with Crippen molar-refractivity contribution in [3.05, 3.63) is 57.4 Å². The van der Waals surface area contributed by atoms with E-state index in [1.54, 1.807) is 0 Å². The van der Waals surface area contributed by atoms with E-state index in [-0.39, 0.29) is 17.8 Å². The Labute approximate surface area is 152 Å². The van der Waals surface area contributed by atoms with Gasteiger partial charge in [0.2, 0.25) is 0 Å². The van der Waals surface area contributed by atoms with Crippen LogP contribution in [0, 0.1) is 6.92 Å². The number of carbonyl (C=O) groups excluding carboxylic acids is 2. The van der Waals surface area contributed by atoms with Crippen molar-refractivity contribution in [2.45, 2.75) is 52.1 Å². The number of ether oxygens (including phenoxy) is 1. The van der Waals surface area contributed by atoms with Crippen LogP contribution >= 0.6 is 11.6 Å². The maximum absolute atomic E-state index is 12.7. The first-order chi connectivity index (χ1) is 11.9. The van der Waals surface area contributed by atoms with E-state index in [0.29, 0.717) is 34.7 Å². The molecule has 1 aliphatic rings. The zero-order valence-electron chi connectivity index (χ0n) is 14.7. The molecule has 5 heteroatoms. The molecule has 0 aliphatic heterocycles. The van der Waals surface area contributed by atoms with Crippen LogP contribution in [0.3, 0.4) is 0 Å². The van der Waals surface area contributed by atoms with E-state index < -0.39 is 5.97 Å². The van der Waals surface area contributed by atoms with E-state index in [1.165, 1.54) is 0 Å². The molecule has 1 aromatic heterocycles. The number of hydrogen-bond acceptors (Lipinski definition) is 3. The van der Waals surface area contributed by atoms with E-state index >= 15 is 0 Å². The van der Waals surface area contributed by atoms with Crippen molar-refractivity contribution in [1.29, 1.82) is 0 Å². The van der Waals surface area contributed by atoms with Crippen molar-refractivity contribution in [3.8, 4) is 0 Å². The quantitative estimate of drug-likeness (QED) is 0.794. The normalized spacial score (nSPS) is 17.9. The van der Waals surface area contributed by atoms with Gasteiger partial charge < -0.3 is 9.72 Å². The molecule has 1 N–H and O–H groups in total. The summed E-state index contributed by atoms with van der Waals surface area (Å²) in [4.78, 5) is 28.2. The van der Waals surface area contributed by atoms with Crippen LogP contribution < -0.4 is 0 Å². The number of H-pyrrole nitrogens is 1. The lowest BCUT2D eigenvalue weighted by Gasteiger charge is -2.22. The molecule has 1 heterocycles. The summed E-state index contributed by atoms with van der Waals surface area (Å²) in [5, 5.41) is 0.678. The number of fused-ring (bicyclic) bond motifs is 1. The Morgan fingerprint density at radius 3 is 2.64 bits per heavy atom. The van der Waals surface area contributed by atoms with Crippen molar-refractivity contribution in [1.82, 2.24) is 4.98 Å². The predicted molar refractivity (Wildman–Crippen MR) is 97.5 cm³/mol. The van der Waals surface area contributed by atoms with Gasteiger partial charge in [-0.3, -0.25) is 4.79 Å². The number of esters is 1. The molecule has 0 radical (unpaired) electrons. The number of ketones is 1. The van der Waals surface area contributed by atoms with Gasteiger partial charge in [0.25, 0.3) is 0 Å². The lowest BCUT2D eigenvalue weighted by Crippen LogP contribution is -2.18. The first-order valence-electron chi connectivity index (χ1n) is 8.61. The van der Waals surface area contributed by atoms with Crippen LogP contribution in [0.2, 0.25) is 5.02 Å². The van der Waals surface area contributed by atoms with Gasteiger partial charge in [-0.1, -0.05) is 30.7 Å². The molecular weight excluding hydrogens is 338 g/mol. The molecule has 132 valence electrons. The fourth-order valence-electron chi connectivity index (χ4n) is 3.33. The van der Waals surface area contributed by atoms with Crippen molar-refractivity contribution in [2.24, 2.45) is 0 Å². The predicted octanol–water partition coefficient (Wildman–Crippen LogP) is 4.84. The number of benzene rings is 1. The van der Waals surface area contributed by atoms with Gasteiger partial charge >= 0.3 is 5.97 Å². The Hall–Kier alpha value is -2.07. The summed E-state index contributed by atoms with van der Waals surface area (Å²) in [5.41, 5.74) is 3.66. The van der Waals surface area contributed by atoms with Crippen molar-refractivity contribution >= 4 is 23.4 Å². The number of aromatic nitrogens is 1. The third kappa shape index (κ3) is 3.49. The zero-order chi connectivity index (χ0) is 18.1. The molecule has 1 aliphatic carbocycles. The highest BCUT2D eigenvalue weighted by Gasteiger charge is 2.32. The highest BCUT2D eigenvalue weighted by Crippen LogP contribution is 2.35. The molecule has 0 saturated carbocycles. The molecule has 0 amide bonds. The second kappa shape index (κ2) is 7.04. The summed E-state index contributed by atoms with van der Waals surface area (Å²) < 4.78 is 5.41. The molecular formula is C20H22ClNO3. The standard InChI is InChI=1S/C20H22ClNO3/c1-4-11(2)25-20(24)19-12(3)18-16(22-19)9-14(10-17(18)23)13-5-7-15(21)8-6-13/h5-8,11,14,22H,4,9-10H2,1-3H3/t11-,14-/m1/s1. The maximum atomic E-state index is 12.7. The second-order valence-corrected chi connectivity index (χ2v) is 7.12. The number of carbonyl (C=O) groups is 2. The fraction of sp³-hybridized carbons (Fsp3) is 0.400. The Morgan fingerprint density at radius 2 is 2.00 bits per heavy atom. The smallest absolute Gasteiger partial charge is 0.355 e. The molecule has 2 aromatic rings. The third-order valence-electron chi connectivity index (χ3n) is 4.92. The largest absolute Gasteiger partial charge is 0.458 e. The first kappa shape index (κ1) is 17.7. The zero-order valence-corrected chi connectivity index (χ0v) is 15.4. The van der Waals surface area contributed by atoms with Crippen molar-refractivity contribution in [2.75, 3.05) is 0 Å². The molecule has 4 nitrogen and oxygen atoms in total. The number of halogens is 1. The highest BCUT2D eigenvalue weighted by atomic mass is 35.5. The SMILES string of the molecule is CC[C@@H](C)OC(=O)c1[nH]c2c(c1C)C(=O)C[C@H](c1ccc(Cl)cc1)C2. The summed E-state index contributed by atoms with van der Waals surface area (Å²) in [5.74, 6) is -0.233. The van der Waals surface area contributed by atoms with Gasteiger partial charge in [0, 0.05) is 22.7 Å². The molecule has 0 bridgehead atoms. The summed E-state index contributed by atoms with van der Waals surface area (Å²) in [6, 6.07) is 7.59. The van der Waals surface area contributed by atoms with Crippen LogP contribution in [0.1, 0.15) is 70.3 Å². The van der Waals surface area contributed by atoms with Crippen molar-refractivity contribution in [3.63, 3.8) is 0 Å². The first-order valence-corrected chi connectivity index (χ1v) is 8.99. The number of nitrogens with one attached hydrogen (secondary N) is 1. The Morgan fingerprint density at radius 1 is 1.32 bits per heavy atom. The molecule has 3 rings (SSSR count). The Bertz CT molecular complexity index is 807. The molecule has 25 heavy (non-hydrogen) atoms. The van der Waals surface area contributed by atoms with Gasteiger partial charge in [-0.2, -0.15) is 0 Å². The van der Waals surface area contributed by atoms with Crippen LogP contribution in [0.4, 0.5) is 0 Å². The summed E-state index contributed by atoms with van der Waals surface area (Å²) in [7, 11) is 0. The van der Waals surface area contributed by atoms with E-state index in [1.807, 2.05) is 45.0 Å². The minimum Gasteiger partial charge on any atom is -0.458 e. The average Bonchev–Trinajstić information content (AvgIpc) is 2.92. The fourth-order valence-corrected chi connectivity index (χ4v) is 3.46. The molecule has 0 unspecified atom stereocenters. The summed E-state index contributed by atoms with van der Waals surface area (Å²) in [6.07, 6.45) is 1.74. The highest BCUT2D eigenvalue weighted by molar-refractivity contribution is 6.30. The summed E-state index contributed by atoms with van der Waals surface area (Å²) >= 11 is 5.95. The molecule has 0 saturated heterocycles. The van der Waals surface area contributed by atoms with E-state index in [0.717, 1.165) is 17.7 Å². The number of Topliss-reactive ketones (excluding diaryl/α,β-unsaturated/α-hetero) is 1. The third-order valence-corrected chi connectivity index (χ3v) is 5.17. The van der Waals surface area contributed by atoms with Gasteiger partial charge in [-0.25, -0.2) is 4.79 Å². The monoisotopic (exact) mass is 359 g/mol. The Balaban J connectivity index is 1.89. The van der Waals surface area contributed by atoms with Gasteiger partial charge in [0.15, 0.2) is 5.78 Å². The van der Waals surface area contributed by atoms with Gasteiger partial charge in [-0.05, 0) is 55.9 Å². The topological polar surface area (TPSA) is 59.2 Å². The second-order valence-electron chi connectivity index (χ2n) is 6.68. The van der Waals surface area contributed by atoms with Crippen LogP contribution in [-0.2, 0) is 11.2 Å². The lowest BCUT2D eigenvalue weighted by molar-refractivity contribution is 0.0327. The minimum absolute atomic E-state index is 0.0672. The number of hydrogen-bond donors (Lipinski definition) is 1.